The second-order valence-corrected chi connectivity index (χ2v) is 10.3. The molecule has 1 atom stereocenters. The maximum atomic E-state index is 12.5. The number of carbonyl (C=O) groups excluding carboxylic acids is 1. The summed E-state index contributed by atoms with van der Waals surface area (Å²) in [5, 5.41) is 6.30. The van der Waals surface area contributed by atoms with Crippen molar-refractivity contribution in [3.63, 3.8) is 0 Å². The fraction of sp³-hybridized carbons (Fsp3) is 0.160. The van der Waals surface area contributed by atoms with Gasteiger partial charge in [-0.15, -0.1) is 0 Å². The molecular weight excluding hydrogens is 568 g/mol. The number of carbonyl (C=O) groups is 1. The van der Waals surface area contributed by atoms with Crippen molar-refractivity contribution in [3.8, 4) is 11.5 Å². The third-order valence-electron chi connectivity index (χ3n) is 4.93. The molecule has 170 valence electrons. The van der Waals surface area contributed by atoms with Crippen molar-refractivity contribution in [3.05, 3.63) is 91.2 Å². The third kappa shape index (κ3) is 6.13. The van der Waals surface area contributed by atoms with Crippen LogP contribution >= 0.6 is 43.6 Å². The van der Waals surface area contributed by atoms with Crippen molar-refractivity contribution in [2.24, 2.45) is 0 Å². The quantitative estimate of drug-likeness (QED) is 0.300. The average molecular weight is 590 g/mol. The van der Waals surface area contributed by atoms with Gasteiger partial charge in [0, 0.05) is 4.47 Å². The number of amides is 1. The Hall–Kier alpha value is -2.42. The first-order chi connectivity index (χ1) is 15.9. The molecule has 1 heterocycles. The minimum atomic E-state index is -0.281. The first-order valence-electron chi connectivity index (χ1n) is 10.2. The summed E-state index contributed by atoms with van der Waals surface area (Å²) in [5.74, 6) is 1.36. The molecule has 0 spiro atoms. The van der Waals surface area contributed by atoms with Gasteiger partial charge in [-0.2, -0.15) is 0 Å². The van der Waals surface area contributed by atoms with Crippen LogP contribution in [0.5, 0.6) is 11.5 Å². The van der Waals surface area contributed by atoms with E-state index in [1.165, 1.54) is 11.8 Å². The Balaban J connectivity index is 1.42. The molecule has 1 aliphatic heterocycles. The normalized spacial score (nSPS) is 16.5. The summed E-state index contributed by atoms with van der Waals surface area (Å²) in [7, 11) is 1.63. The summed E-state index contributed by atoms with van der Waals surface area (Å²) >= 11 is 8.45. The number of ether oxygens (including phenoxy) is 2. The van der Waals surface area contributed by atoms with Gasteiger partial charge in [-0.1, -0.05) is 52.0 Å². The highest BCUT2D eigenvalue weighted by atomic mass is 79.9. The van der Waals surface area contributed by atoms with Gasteiger partial charge >= 0.3 is 0 Å². The highest BCUT2D eigenvalue weighted by Gasteiger charge is 2.27. The van der Waals surface area contributed by atoms with E-state index in [1.54, 1.807) is 7.11 Å². The van der Waals surface area contributed by atoms with Crippen LogP contribution in [0.1, 0.15) is 16.7 Å². The Morgan fingerprint density at radius 1 is 1.06 bits per heavy atom. The fourth-order valence-corrected chi connectivity index (χ4v) is 5.01. The lowest BCUT2D eigenvalue weighted by molar-refractivity contribution is -0.116. The van der Waals surface area contributed by atoms with Crippen LogP contribution in [0.15, 0.2) is 74.5 Å². The zero-order chi connectivity index (χ0) is 23.4. The Bertz CT molecular complexity index is 1200. The monoisotopic (exact) mass is 588 g/mol. The molecule has 1 unspecified atom stereocenters. The molecule has 2 N–H and O–H groups in total. The van der Waals surface area contributed by atoms with E-state index < -0.39 is 0 Å². The molecule has 3 aromatic carbocycles. The summed E-state index contributed by atoms with van der Waals surface area (Å²) in [5.41, 5.74) is 3.65. The standard InChI is InChI=1S/C25H22Br2N2O3S/c1-15-3-9-22(31-2)20(11-15)28-25-29-24(30)23(33-25)13-17-6-10-21(19(27)12-17)32-14-16-4-7-18(26)8-5-16/h3-13,25,28H,14H2,1-2H3,(H,29,30)/b23-13-. The van der Waals surface area contributed by atoms with Gasteiger partial charge in [-0.25, -0.2) is 0 Å². The van der Waals surface area contributed by atoms with E-state index in [0.717, 1.165) is 42.8 Å². The number of thioether (sulfide) groups is 1. The van der Waals surface area contributed by atoms with E-state index in [0.29, 0.717) is 11.5 Å². The van der Waals surface area contributed by atoms with Crippen molar-refractivity contribution < 1.29 is 14.3 Å². The van der Waals surface area contributed by atoms with E-state index >= 15 is 0 Å². The molecule has 33 heavy (non-hydrogen) atoms. The Morgan fingerprint density at radius 3 is 2.55 bits per heavy atom. The summed E-state index contributed by atoms with van der Waals surface area (Å²) < 4.78 is 13.2. The van der Waals surface area contributed by atoms with Gasteiger partial charge in [0.05, 0.1) is 22.2 Å². The maximum Gasteiger partial charge on any atom is 0.260 e. The number of nitrogens with one attached hydrogen (secondary N) is 2. The van der Waals surface area contributed by atoms with Crippen molar-refractivity contribution in [2.75, 3.05) is 12.4 Å². The van der Waals surface area contributed by atoms with Crippen molar-refractivity contribution in [2.45, 2.75) is 19.0 Å². The lowest BCUT2D eigenvalue weighted by Crippen LogP contribution is -2.31. The number of hydrogen-bond acceptors (Lipinski definition) is 5. The molecule has 0 bridgehead atoms. The van der Waals surface area contributed by atoms with E-state index in [9.17, 15) is 4.79 Å². The minimum absolute atomic E-state index is 0.115. The van der Waals surface area contributed by atoms with Crippen molar-refractivity contribution >= 4 is 61.3 Å². The lowest BCUT2D eigenvalue weighted by Gasteiger charge is -2.16. The van der Waals surface area contributed by atoms with Crippen LogP contribution in [0.25, 0.3) is 6.08 Å². The molecule has 8 heteroatoms. The molecule has 0 radical (unpaired) electrons. The summed E-state index contributed by atoms with van der Waals surface area (Å²) in [4.78, 5) is 13.2. The molecule has 5 nitrogen and oxygen atoms in total. The number of anilines is 1. The van der Waals surface area contributed by atoms with Crippen LogP contribution in [0, 0.1) is 6.92 Å². The molecule has 0 aromatic heterocycles. The van der Waals surface area contributed by atoms with Gasteiger partial charge in [0.15, 0.2) is 5.50 Å². The summed E-state index contributed by atoms with van der Waals surface area (Å²) in [6.45, 7) is 2.49. The Kier molecular flexibility index (Phi) is 7.67. The van der Waals surface area contributed by atoms with Crippen LogP contribution in [-0.4, -0.2) is 18.5 Å². The van der Waals surface area contributed by atoms with Crippen LogP contribution in [-0.2, 0) is 11.4 Å². The van der Waals surface area contributed by atoms with Gasteiger partial charge in [-0.3, -0.25) is 4.79 Å². The molecular formula is C25H22Br2N2O3S. The predicted molar refractivity (Wildman–Crippen MR) is 141 cm³/mol. The van der Waals surface area contributed by atoms with Crippen LogP contribution in [0.4, 0.5) is 5.69 Å². The van der Waals surface area contributed by atoms with Crippen LogP contribution in [0.2, 0.25) is 0 Å². The van der Waals surface area contributed by atoms with Crippen molar-refractivity contribution in [1.82, 2.24) is 5.32 Å². The highest BCUT2D eigenvalue weighted by Crippen LogP contribution is 2.34. The van der Waals surface area contributed by atoms with Gasteiger partial charge in [-0.05, 0) is 82.0 Å². The van der Waals surface area contributed by atoms with Gasteiger partial charge in [0.2, 0.25) is 0 Å². The number of methoxy groups -OCH3 is 1. The highest BCUT2D eigenvalue weighted by molar-refractivity contribution is 9.10. The number of aryl methyl sites for hydroxylation is 1. The first-order valence-corrected chi connectivity index (χ1v) is 12.6. The largest absolute Gasteiger partial charge is 0.495 e. The summed E-state index contributed by atoms with van der Waals surface area (Å²) in [6.07, 6.45) is 1.87. The number of hydrogen-bond donors (Lipinski definition) is 2. The molecule has 0 saturated carbocycles. The van der Waals surface area contributed by atoms with E-state index in [4.69, 9.17) is 9.47 Å². The predicted octanol–water partition coefficient (Wildman–Crippen LogP) is 6.71. The average Bonchev–Trinajstić information content (AvgIpc) is 3.13. The number of halogens is 2. The molecule has 1 fully saturated rings. The smallest absolute Gasteiger partial charge is 0.260 e. The lowest BCUT2D eigenvalue weighted by atomic mass is 10.2. The molecule has 4 rings (SSSR count). The third-order valence-corrected chi connectivity index (χ3v) is 7.11. The topological polar surface area (TPSA) is 59.6 Å². The number of benzene rings is 3. The Labute approximate surface area is 214 Å². The first kappa shape index (κ1) is 23.7. The van der Waals surface area contributed by atoms with E-state index in [1.807, 2.05) is 73.7 Å². The van der Waals surface area contributed by atoms with Crippen LogP contribution < -0.4 is 20.1 Å². The molecule has 1 saturated heterocycles. The maximum absolute atomic E-state index is 12.5. The molecule has 3 aromatic rings. The zero-order valence-electron chi connectivity index (χ0n) is 18.0. The van der Waals surface area contributed by atoms with Gasteiger partial charge < -0.3 is 20.1 Å². The Morgan fingerprint density at radius 2 is 1.82 bits per heavy atom. The number of rotatable bonds is 7. The summed E-state index contributed by atoms with van der Waals surface area (Å²) in [6, 6.07) is 19.7. The SMILES string of the molecule is COc1ccc(C)cc1NC1NC(=O)/C(=C/c2ccc(OCc3ccc(Br)cc3)c(Br)c2)S1. The fourth-order valence-electron chi connectivity index (χ4n) is 3.26. The molecule has 1 aliphatic rings. The van der Waals surface area contributed by atoms with Gasteiger partial charge in [0.1, 0.15) is 18.1 Å². The van der Waals surface area contributed by atoms with Crippen LogP contribution in [0.3, 0.4) is 0 Å². The van der Waals surface area contributed by atoms with Crippen molar-refractivity contribution in [1.29, 1.82) is 0 Å². The second-order valence-electron chi connectivity index (χ2n) is 7.43. The van der Waals surface area contributed by atoms with Gasteiger partial charge in [0.25, 0.3) is 5.91 Å². The van der Waals surface area contributed by atoms with E-state index in [-0.39, 0.29) is 11.4 Å². The molecule has 1 amide bonds. The van der Waals surface area contributed by atoms with E-state index in [2.05, 4.69) is 42.5 Å². The molecule has 0 aliphatic carbocycles. The minimum Gasteiger partial charge on any atom is -0.495 e. The second kappa shape index (κ2) is 10.7. The zero-order valence-corrected chi connectivity index (χ0v) is 22.0.